The highest BCUT2D eigenvalue weighted by molar-refractivity contribution is 7.89. The molecule has 0 saturated carbocycles. The minimum absolute atomic E-state index is 0.102. The number of sulfonamides is 1. The molecule has 0 aliphatic rings. The molecule has 1 unspecified atom stereocenters. The van der Waals surface area contributed by atoms with Crippen LogP contribution in [0.4, 0.5) is 0 Å². The van der Waals surface area contributed by atoms with Gasteiger partial charge in [-0.25, -0.2) is 8.42 Å². The normalized spacial score (nSPS) is 13.5. The quantitative estimate of drug-likeness (QED) is 0.838. The summed E-state index contributed by atoms with van der Waals surface area (Å²) in [5.74, 6) is 0.409. The monoisotopic (exact) mass is 314 g/mol. The van der Waals surface area contributed by atoms with Gasteiger partial charge in [0.05, 0.1) is 15.5 Å². The minimum atomic E-state index is -3.59. The van der Waals surface area contributed by atoms with E-state index in [0.717, 1.165) is 6.42 Å². The summed E-state index contributed by atoms with van der Waals surface area (Å²) in [5, 5.41) is 8.97. The maximum atomic E-state index is 12.5. The second-order valence-corrected chi connectivity index (χ2v) is 7.66. The van der Waals surface area contributed by atoms with Gasteiger partial charge in [-0.1, -0.05) is 25.4 Å². The summed E-state index contributed by atoms with van der Waals surface area (Å²) in [7, 11) is -2.03. The molecule has 1 aromatic rings. The van der Waals surface area contributed by atoms with Crippen LogP contribution in [-0.2, 0) is 10.0 Å². The Morgan fingerprint density at radius 3 is 2.40 bits per heavy atom. The summed E-state index contributed by atoms with van der Waals surface area (Å²) in [6, 6.07) is 5.98. The van der Waals surface area contributed by atoms with Crippen molar-refractivity contribution in [2.24, 2.45) is 5.92 Å². The highest BCUT2D eigenvalue weighted by Gasteiger charge is 2.26. The van der Waals surface area contributed by atoms with Crippen molar-refractivity contribution in [2.75, 3.05) is 7.05 Å². The lowest BCUT2D eigenvalue weighted by Crippen LogP contribution is -2.35. The maximum Gasteiger partial charge on any atom is 0.243 e. The number of hydrogen-bond acceptors (Lipinski definition) is 3. The first kappa shape index (κ1) is 17.0. The molecule has 110 valence electrons. The second-order valence-electron chi connectivity index (χ2n) is 5.25. The average Bonchev–Trinajstić information content (AvgIpc) is 2.36. The van der Waals surface area contributed by atoms with Gasteiger partial charge in [-0.3, -0.25) is 0 Å². The van der Waals surface area contributed by atoms with Crippen molar-refractivity contribution < 1.29 is 8.42 Å². The second kappa shape index (κ2) is 6.57. The molecule has 20 heavy (non-hydrogen) atoms. The van der Waals surface area contributed by atoms with Gasteiger partial charge < -0.3 is 0 Å². The summed E-state index contributed by atoms with van der Waals surface area (Å²) >= 11 is 5.90. The van der Waals surface area contributed by atoms with Gasteiger partial charge in [0.2, 0.25) is 10.0 Å². The van der Waals surface area contributed by atoms with Crippen LogP contribution in [-0.4, -0.2) is 25.8 Å². The van der Waals surface area contributed by atoms with Crippen molar-refractivity contribution in [3.05, 3.63) is 28.8 Å². The molecule has 0 aromatic heterocycles. The van der Waals surface area contributed by atoms with Gasteiger partial charge in [-0.15, -0.1) is 0 Å². The third kappa shape index (κ3) is 3.72. The molecule has 1 aromatic carbocycles. The van der Waals surface area contributed by atoms with E-state index in [4.69, 9.17) is 16.9 Å². The van der Waals surface area contributed by atoms with Crippen LogP contribution in [0, 0.1) is 17.2 Å². The molecule has 0 bridgehead atoms. The zero-order valence-corrected chi connectivity index (χ0v) is 13.7. The molecule has 0 amide bonds. The Morgan fingerprint density at radius 2 is 1.95 bits per heavy atom. The van der Waals surface area contributed by atoms with Gasteiger partial charge in [-0.2, -0.15) is 9.57 Å². The summed E-state index contributed by atoms with van der Waals surface area (Å²) in [4.78, 5) is 0.111. The van der Waals surface area contributed by atoms with Crippen molar-refractivity contribution in [3.8, 4) is 6.07 Å². The average molecular weight is 315 g/mol. The van der Waals surface area contributed by atoms with E-state index >= 15 is 0 Å². The molecular weight excluding hydrogens is 296 g/mol. The number of nitriles is 1. The molecule has 0 heterocycles. The summed E-state index contributed by atoms with van der Waals surface area (Å²) in [6.07, 6.45) is 0.778. The third-order valence-electron chi connectivity index (χ3n) is 3.17. The van der Waals surface area contributed by atoms with E-state index in [1.807, 2.05) is 13.0 Å². The predicted octanol–water partition coefficient (Wildman–Crippen LogP) is 3.27. The number of hydrogen-bond donors (Lipinski definition) is 0. The van der Waals surface area contributed by atoms with Gasteiger partial charge in [0.25, 0.3) is 0 Å². The highest BCUT2D eigenvalue weighted by atomic mass is 35.5. The first-order chi connectivity index (χ1) is 9.20. The van der Waals surface area contributed by atoms with Crippen LogP contribution in [0.15, 0.2) is 23.1 Å². The molecule has 0 fully saturated rings. The van der Waals surface area contributed by atoms with E-state index < -0.39 is 10.0 Å². The van der Waals surface area contributed by atoms with Crippen molar-refractivity contribution in [2.45, 2.75) is 38.1 Å². The Balaban J connectivity index is 3.11. The fraction of sp³-hybridized carbons (Fsp3) is 0.500. The number of benzene rings is 1. The van der Waals surface area contributed by atoms with Crippen LogP contribution in [0.5, 0.6) is 0 Å². The lowest BCUT2D eigenvalue weighted by molar-refractivity contribution is 0.338. The Labute approximate surface area is 126 Å². The highest BCUT2D eigenvalue weighted by Crippen LogP contribution is 2.24. The lowest BCUT2D eigenvalue weighted by Gasteiger charge is -2.25. The van der Waals surface area contributed by atoms with E-state index in [-0.39, 0.29) is 21.5 Å². The molecule has 0 N–H and O–H groups in total. The van der Waals surface area contributed by atoms with Gasteiger partial charge in [-0.05, 0) is 37.5 Å². The van der Waals surface area contributed by atoms with Crippen LogP contribution in [0.1, 0.15) is 32.8 Å². The van der Waals surface area contributed by atoms with Gasteiger partial charge in [0, 0.05) is 13.1 Å². The molecular formula is C14H19ClN2O2S. The smallest absolute Gasteiger partial charge is 0.207 e. The van der Waals surface area contributed by atoms with Gasteiger partial charge in [0.15, 0.2) is 0 Å². The summed E-state index contributed by atoms with van der Waals surface area (Å²) in [5.41, 5.74) is 0.267. The molecule has 1 rings (SSSR count). The molecule has 1 atom stereocenters. The van der Waals surface area contributed by atoms with Crippen molar-refractivity contribution >= 4 is 21.6 Å². The zero-order chi connectivity index (χ0) is 15.5. The largest absolute Gasteiger partial charge is 0.243 e. The Bertz CT molecular complexity index is 621. The molecule has 0 saturated heterocycles. The Kier molecular flexibility index (Phi) is 5.58. The molecule has 0 aliphatic heterocycles. The summed E-state index contributed by atoms with van der Waals surface area (Å²) < 4.78 is 26.3. The topological polar surface area (TPSA) is 61.2 Å². The van der Waals surface area contributed by atoms with E-state index in [1.54, 1.807) is 7.05 Å². The van der Waals surface area contributed by atoms with Crippen molar-refractivity contribution in [1.29, 1.82) is 5.26 Å². The molecule has 0 radical (unpaired) electrons. The van der Waals surface area contributed by atoms with Crippen molar-refractivity contribution in [3.63, 3.8) is 0 Å². The van der Waals surface area contributed by atoms with Crippen LogP contribution in [0.2, 0.25) is 5.02 Å². The number of nitrogens with zero attached hydrogens (tertiary/aromatic N) is 2. The maximum absolute atomic E-state index is 12.5. The van der Waals surface area contributed by atoms with Gasteiger partial charge in [0.1, 0.15) is 6.07 Å². The van der Waals surface area contributed by atoms with Crippen LogP contribution in [0.25, 0.3) is 0 Å². The van der Waals surface area contributed by atoms with Crippen LogP contribution in [0.3, 0.4) is 0 Å². The number of halogens is 1. The fourth-order valence-corrected chi connectivity index (χ4v) is 3.67. The predicted molar refractivity (Wildman–Crippen MR) is 80.0 cm³/mol. The van der Waals surface area contributed by atoms with E-state index in [1.165, 1.54) is 22.5 Å². The number of rotatable bonds is 5. The van der Waals surface area contributed by atoms with Crippen LogP contribution >= 0.6 is 11.6 Å². The summed E-state index contributed by atoms with van der Waals surface area (Å²) in [6.45, 7) is 5.98. The SMILES string of the molecule is CC(C)CC(C)N(C)S(=O)(=O)c1ccc(C#N)c(Cl)c1. The molecule has 4 nitrogen and oxygen atoms in total. The first-order valence-corrected chi connectivity index (χ1v) is 8.19. The van der Waals surface area contributed by atoms with E-state index in [0.29, 0.717) is 5.92 Å². The van der Waals surface area contributed by atoms with Gasteiger partial charge >= 0.3 is 0 Å². The Morgan fingerprint density at radius 1 is 1.35 bits per heavy atom. The van der Waals surface area contributed by atoms with E-state index in [2.05, 4.69) is 13.8 Å². The van der Waals surface area contributed by atoms with Crippen molar-refractivity contribution in [1.82, 2.24) is 4.31 Å². The third-order valence-corrected chi connectivity index (χ3v) is 5.45. The lowest BCUT2D eigenvalue weighted by atomic mass is 10.1. The standard InChI is InChI=1S/C14H19ClN2O2S/c1-10(2)7-11(3)17(4)20(18,19)13-6-5-12(9-16)14(15)8-13/h5-6,8,10-11H,7H2,1-4H3. The zero-order valence-electron chi connectivity index (χ0n) is 12.1. The molecule has 6 heteroatoms. The minimum Gasteiger partial charge on any atom is -0.207 e. The van der Waals surface area contributed by atoms with E-state index in [9.17, 15) is 8.42 Å². The first-order valence-electron chi connectivity index (χ1n) is 6.37. The molecule has 0 spiro atoms. The van der Waals surface area contributed by atoms with Crippen LogP contribution < -0.4 is 0 Å². The molecule has 0 aliphatic carbocycles. The fourth-order valence-electron chi connectivity index (χ4n) is 1.98. The Hall–Kier alpha value is -1.09.